The summed E-state index contributed by atoms with van der Waals surface area (Å²) < 4.78 is 35.5. The number of nitriles is 1. The molecule has 0 bridgehead atoms. The van der Waals surface area contributed by atoms with Crippen LogP contribution in [0.3, 0.4) is 0 Å². The third-order valence-corrected chi connectivity index (χ3v) is 6.80. The Bertz CT molecular complexity index is 574. The Kier molecular flexibility index (Phi) is 27.5. The second kappa shape index (κ2) is 26.4. The van der Waals surface area contributed by atoms with Gasteiger partial charge in [0.1, 0.15) is 6.07 Å². The molecule has 0 unspecified atom stereocenters. The summed E-state index contributed by atoms with van der Waals surface area (Å²) in [6.07, 6.45) is 25.4. The largest absolute Gasteiger partial charge is 0.726 e. The minimum Gasteiger partial charge on any atom is -0.726 e. The SMILES string of the molecule is CCCCCCCCCCCCCCOS(=O)(=O)[O-].CCCCCCCCCC[N+](C)(C)CC#N. The van der Waals surface area contributed by atoms with Gasteiger partial charge in [0.2, 0.25) is 10.4 Å². The molecule has 0 N–H and O–H groups in total. The standard InChI is InChI=1S/C14H29N2.C14H30O4S/c1-4-5-6-7-8-9-10-11-13-16(2,3)14-12-15;1-2-3-4-5-6-7-8-9-10-11-12-13-14-18-19(15,16)17/h4-11,13-14H2,1-3H3;2-14H2,1H3,(H,15,16,17)/q+1;/p-1. The molecule has 0 amide bonds. The van der Waals surface area contributed by atoms with E-state index in [9.17, 15) is 13.0 Å². The molecule has 0 saturated carbocycles. The Morgan fingerprint density at radius 2 is 1.00 bits per heavy atom. The highest BCUT2D eigenvalue weighted by Crippen LogP contribution is 2.12. The van der Waals surface area contributed by atoms with E-state index in [2.05, 4.69) is 38.2 Å². The van der Waals surface area contributed by atoms with Gasteiger partial charge in [0, 0.05) is 0 Å². The zero-order valence-corrected chi connectivity index (χ0v) is 24.5. The fourth-order valence-electron chi connectivity index (χ4n) is 4.05. The van der Waals surface area contributed by atoms with Crippen molar-refractivity contribution in [2.75, 3.05) is 33.8 Å². The Morgan fingerprint density at radius 3 is 1.34 bits per heavy atom. The minimum atomic E-state index is -4.49. The quantitative estimate of drug-likeness (QED) is 0.0426. The number of nitrogens with zero attached hydrogens (tertiary/aromatic N) is 2. The van der Waals surface area contributed by atoms with Gasteiger partial charge in [0.25, 0.3) is 0 Å². The highest BCUT2D eigenvalue weighted by Gasteiger charge is 2.12. The topological polar surface area (TPSA) is 90.2 Å². The summed E-state index contributed by atoms with van der Waals surface area (Å²) in [5.74, 6) is 0. The molecule has 0 aliphatic rings. The van der Waals surface area contributed by atoms with Crippen LogP contribution < -0.4 is 0 Å². The average Bonchev–Trinajstić information content (AvgIpc) is 2.78. The summed E-state index contributed by atoms with van der Waals surface area (Å²) in [6.45, 7) is 6.30. The Morgan fingerprint density at radius 1 is 0.657 bits per heavy atom. The maximum atomic E-state index is 10.2. The lowest BCUT2D eigenvalue weighted by molar-refractivity contribution is -0.883. The molecule has 210 valence electrons. The van der Waals surface area contributed by atoms with Crippen LogP contribution in [0.2, 0.25) is 0 Å². The van der Waals surface area contributed by atoms with Gasteiger partial charge in [-0.1, -0.05) is 123 Å². The summed E-state index contributed by atoms with van der Waals surface area (Å²) in [4.78, 5) is 0. The van der Waals surface area contributed by atoms with Crippen molar-refractivity contribution in [3.63, 3.8) is 0 Å². The fourth-order valence-corrected chi connectivity index (χ4v) is 4.37. The van der Waals surface area contributed by atoms with Crippen LogP contribution in [0.15, 0.2) is 0 Å². The van der Waals surface area contributed by atoms with Crippen molar-refractivity contribution in [3.05, 3.63) is 0 Å². The van der Waals surface area contributed by atoms with E-state index in [1.807, 2.05) is 0 Å². The molecule has 0 heterocycles. The molecule has 0 radical (unpaired) electrons. The molecule has 0 aromatic rings. The lowest BCUT2D eigenvalue weighted by Gasteiger charge is -2.26. The molecule has 0 saturated heterocycles. The normalized spacial score (nSPS) is 11.7. The number of rotatable bonds is 24. The maximum absolute atomic E-state index is 10.2. The molecular formula is C28H58N2O4S. The predicted octanol–water partition coefficient (Wildman–Crippen LogP) is 7.89. The zero-order valence-electron chi connectivity index (χ0n) is 23.7. The number of hydrogen-bond donors (Lipinski definition) is 0. The van der Waals surface area contributed by atoms with Crippen LogP contribution in [-0.2, 0) is 14.6 Å². The van der Waals surface area contributed by atoms with Crippen molar-refractivity contribution in [1.29, 1.82) is 5.26 Å². The molecular weight excluding hydrogens is 460 g/mol. The Hall–Kier alpha value is -0.680. The molecule has 0 aromatic heterocycles. The van der Waals surface area contributed by atoms with Crippen molar-refractivity contribution >= 4 is 10.4 Å². The zero-order chi connectivity index (χ0) is 26.7. The van der Waals surface area contributed by atoms with Crippen LogP contribution in [0.25, 0.3) is 0 Å². The molecule has 0 aliphatic carbocycles. The van der Waals surface area contributed by atoms with Crippen molar-refractivity contribution in [3.8, 4) is 6.07 Å². The molecule has 7 heteroatoms. The highest BCUT2D eigenvalue weighted by atomic mass is 32.3. The first-order chi connectivity index (χ1) is 16.7. The fraction of sp³-hybridized carbons (Fsp3) is 0.964. The van der Waals surface area contributed by atoms with Gasteiger partial charge in [0.15, 0.2) is 6.54 Å². The monoisotopic (exact) mass is 518 g/mol. The minimum absolute atomic E-state index is 0.0310. The smallest absolute Gasteiger partial charge is 0.217 e. The van der Waals surface area contributed by atoms with E-state index in [4.69, 9.17) is 5.26 Å². The van der Waals surface area contributed by atoms with E-state index in [-0.39, 0.29) is 6.61 Å². The summed E-state index contributed by atoms with van der Waals surface area (Å²) in [5, 5.41) is 8.66. The van der Waals surface area contributed by atoms with E-state index in [0.29, 0.717) is 13.0 Å². The van der Waals surface area contributed by atoms with Crippen LogP contribution in [0.5, 0.6) is 0 Å². The van der Waals surface area contributed by atoms with Gasteiger partial charge in [-0.05, 0) is 19.3 Å². The first-order valence-corrected chi connectivity index (χ1v) is 15.8. The third kappa shape index (κ3) is 35.6. The second-order valence-electron chi connectivity index (χ2n) is 10.6. The second-order valence-corrected chi connectivity index (χ2v) is 11.6. The molecule has 0 rings (SSSR count). The molecule has 0 fully saturated rings. The lowest BCUT2D eigenvalue weighted by atomic mass is 10.1. The number of unbranched alkanes of at least 4 members (excludes halogenated alkanes) is 18. The van der Waals surface area contributed by atoms with E-state index in [1.165, 1.54) is 109 Å². The summed E-state index contributed by atoms with van der Waals surface area (Å²) in [6, 6.07) is 2.26. The Balaban J connectivity index is 0. The summed E-state index contributed by atoms with van der Waals surface area (Å²) in [7, 11) is -0.202. The first kappa shape index (κ1) is 36.5. The van der Waals surface area contributed by atoms with E-state index in [0.717, 1.165) is 23.9 Å². The van der Waals surface area contributed by atoms with Crippen molar-refractivity contribution in [2.45, 2.75) is 142 Å². The predicted molar refractivity (Wildman–Crippen MR) is 147 cm³/mol. The molecule has 0 atom stereocenters. The van der Waals surface area contributed by atoms with Gasteiger partial charge in [-0.2, -0.15) is 5.26 Å². The van der Waals surface area contributed by atoms with Gasteiger partial charge >= 0.3 is 0 Å². The van der Waals surface area contributed by atoms with Gasteiger partial charge in [0.05, 0.1) is 27.2 Å². The van der Waals surface area contributed by atoms with E-state index in [1.54, 1.807) is 0 Å². The van der Waals surface area contributed by atoms with Crippen molar-refractivity contribution in [1.82, 2.24) is 0 Å². The molecule has 35 heavy (non-hydrogen) atoms. The molecule has 0 aliphatic heterocycles. The summed E-state index contributed by atoms with van der Waals surface area (Å²) in [5.41, 5.74) is 0. The van der Waals surface area contributed by atoms with E-state index >= 15 is 0 Å². The van der Waals surface area contributed by atoms with Gasteiger partial charge in [-0.3, -0.25) is 4.18 Å². The van der Waals surface area contributed by atoms with E-state index < -0.39 is 10.4 Å². The highest BCUT2D eigenvalue weighted by molar-refractivity contribution is 7.80. The van der Waals surface area contributed by atoms with Crippen LogP contribution in [0, 0.1) is 11.3 Å². The van der Waals surface area contributed by atoms with Crippen LogP contribution >= 0.6 is 0 Å². The number of hydrogen-bond acceptors (Lipinski definition) is 5. The first-order valence-electron chi connectivity index (χ1n) is 14.5. The average molecular weight is 519 g/mol. The Labute approximate surface area is 219 Å². The molecule has 6 nitrogen and oxygen atoms in total. The van der Waals surface area contributed by atoms with Crippen LogP contribution in [0.1, 0.15) is 142 Å². The molecule has 0 aromatic carbocycles. The maximum Gasteiger partial charge on any atom is 0.217 e. The van der Waals surface area contributed by atoms with Crippen LogP contribution in [0.4, 0.5) is 0 Å². The van der Waals surface area contributed by atoms with Crippen molar-refractivity contribution in [2.24, 2.45) is 0 Å². The number of quaternary nitrogens is 1. The third-order valence-electron chi connectivity index (χ3n) is 6.34. The van der Waals surface area contributed by atoms with Crippen molar-refractivity contribution < 1.29 is 21.6 Å². The summed E-state index contributed by atoms with van der Waals surface area (Å²) >= 11 is 0. The van der Waals surface area contributed by atoms with Crippen LogP contribution in [-0.4, -0.2) is 51.2 Å². The van der Waals surface area contributed by atoms with Gasteiger partial charge in [-0.15, -0.1) is 0 Å². The van der Waals surface area contributed by atoms with Gasteiger partial charge in [-0.25, -0.2) is 8.42 Å². The van der Waals surface area contributed by atoms with Gasteiger partial charge < -0.3 is 9.04 Å². The lowest BCUT2D eigenvalue weighted by Crippen LogP contribution is -2.40. The molecule has 0 spiro atoms.